The van der Waals surface area contributed by atoms with Crippen molar-refractivity contribution < 1.29 is 19.1 Å². The van der Waals surface area contributed by atoms with Crippen LogP contribution in [-0.4, -0.2) is 36.7 Å². The van der Waals surface area contributed by atoms with Crippen LogP contribution in [0.2, 0.25) is 5.02 Å². The second kappa shape index (κ2) is 14.5. The number of amides is 2. The van der Waals surface area contributed by atoms with Crippen LogP contribution < -0.4 is 25.5 Å². The first kappa shape index (κ1) is 31.2. The molecule has 0 aliphatic rings. The Kier molecular flexibility index (Phi) is 10.1. The molecule has 0 atom stereocenters. The van der Waals surface area contributed by atoms with Gasteiger partial charge in [-0.3, -0.25) is 9.59 Å². The fourth-order valence-electron chi connectivity index (χ4n) is 4.19. The lowest BCUT2D eigenvalue weighted by Gasteiger charge is -2.12. The van der Waals surface area contributed by atoms with E-state index in [2.05, 4.69) is 26.1 Å². The molecule has 11 heteroatoms. The molecule has 5 aromatic rings. The maximum absolute atomic E-state index is 12.7. The van der Waals surface area contributed by atoms with Crippen molar-refractivity contribution in [3.8, 4) is 22.8 Å². The van der Waals surface area contributed by atoms with Crippen LogP contribution in [0.15, 0.2) is 95.4 Å². The summed E-state index contributed by atoms with van der Waals surface area (Å²) in [7, 11) is 1.51. The van der Waals surface area contributed by atoms with Gasteiger partial charge in [0.1, 0.15) is 0 Å². The van der Waals surface area contributed by atoms with E-state index in [1.807, 2.05) is 73.8 Å². The summed E-state index contributed by atoms with van der Waals surface area (Å²) in [5.74, 6) is 0.183. The van der Waals surface area contributed by atoms with E-state index in [-0.39, 0.29) is 18.4 Å². The maximum atomic E-state index is 12.7. The van der Waals surface area contributed by atoms with Gasteiger partial charge < -0.3 is 20.1 Å². The number of nitrogens with one attached hydrogen (secondary N) is 3. The Morgan fingerprint density at radius 1 is 0.911 bits per heavy atom. The van der Waals surface area contributed by atoms with Gasteiger partial charge in [0, 0.05) is 32.9 Å². The number of nitrogens with zero attached hydrogens (tertiary/aromatic N) is 2. The Labute approximate surface area is 269 Å². The Morgan fingerprint density at radius 2 is 1.67 bits per heavy atom. The van der Waals surface area contributed by atoms with E-state index in [9.17, 15) is 9.59 Å². The third-order valence-electron chi connectivity index (χ3n) is 6.76. The Hall–Kier alpha value is -5.19. The number of anilines is 3. The van der Waals surface area contributed by atoms with Crippen molar-refractivity contribution in [2.45, 2.75) is 13.8 Å². The van der Waals surface area contributed by atoms with E-state index < -0.39 is 0 Å². The summed E-state index contributed by atoms with van der Waals surface area (Å²) in [5.41, 5.74) is 9.17. The molecule has 0 unspecified atom stereocenters. The largest absolute Gasteiger partial charge is 0.493 e. The van der Waals surface area contributed by atoms with Gasteiger partial charge in [-0.2, -0.15) is 5.10 Å². The van der Waals surface area contributed by atoms with Crippen LogP contribution in [0, 0.1) is 13.8 Å². The highest BCUT2D eigenvalue weighted by Gasteiger charge is 2.11. The molecule has 0 bridgehead atoms. The molecule has 0 fully saturated rings. The monoisotopic (exact) mass is 639 g/mol. The van der Waals surface area contributed by atoms with E-state index >= 15 is 0 Å². The van der Waals surface area contributed by atoms with E-state index in [4.69, 9.17) is 21.1 Å². The van der Waals surface area contributed by atoms with E-state index in [0.29, 0.717) is 33.3 Å². The molecule has 0 spiro atoms. The van der Waals surface area contributed by atoms with E-state index in [1.165, 1.54) is 24.7 Å². The minimum absolute atomic E-state index is 0.185. The number of ether oxygens (including phenoxy) is 2. The lowest BCUT2D eigenvalue weighted by Crippen LogP contribution is -2.20. The highest BCUT2D eigenvalue weighted by Crippen LogP contribution is 2.29. The second-order valence-electron chi connectivity index (χ2n) is 9.99. The molecular formula is C34H30ClN5O4S. The Morgan fingerprint density at radius 3 is 2.40 bits per heavy atom. The van der Waals surface area contributed by atoms with Crippen LogP contribution >= 0.6 is 22.9 Å². The number of thiazole rings is 1. The van der Waals surface area contributed by atoms with Gasteiger partial charge in [-0.15, -0.1) is 11.3 Å². The molecule has 0 saturated heterocycles. The van der Waals surface area contributed by atoms with Gasteiger partial charge in [-0.1, -0.05) is 29.8 Å². The molecular weight excluding hydrogens is 610 g/mol. The number of carbonyl (C=O) groups excluding carboxylic acids is 2. The fraction of sp³-hybridized carbons (Fsp3) is 0.118. The quantitative estimate of drug-likeness (QED) is 0.101. The fourth-order valence-corrected chi connectivity index (χ4v) is 5.05. The average molecular weight is 640 g/mol. The van der Waals surface area contributed by atoms with Gasteiger partial charge in [0.2, 0.25) is 0 Å². The number of methoxy groups -OCH3 is 1. The third kappa shape index (κ3) is 8.47. The van der Waals surface area contributed by atoms with Crippen LogP contribution in [0.4, 0.5) is 16.5 Å². The molecule has 1 aromatic heterocycles. The number of aromatic nitrogens is 1. The number of rotatable bonds is 11. The average Bonchev–Trinajstić information content (AvgIpc) is 3.51. The zero-order valence-corrected chi connectivity index (χ0v) is 26.3. The first-order chi connectivity index (χ1) is 21.8. The van der Waals surface area contributed by atoms with Crippen molar-refractivity contribution in [2.75, 3.05) is 24.4 Å². The molecule has 0 radical (unpaired) electrons. The van der Waals surface area contributed by atoms with Gasteiger partial charge in [0.15, 0.2) is 23.2 Å². The minimum Gasteiger partial charge on any atom is -0.493 e. The molecule has 4 aromatic carbocycles. The molecule has 3 N–H and O–H groups in total. The van der Waals surface area contributed by atoms with Crippen LogP contribution in [0.3, 0.4) is 0 Å². The van der Waals surface area contributed by atoms with Crippen molar-refractivity contribution in [3.05, 3.63) is 118 Å². The third-order valence-corrected chi connectivity index (χ3v) is 7.77. The lowest BCUT2D eigenvalue weighted by molar-refractivity contribution is -0.118. The smallest absolute Gasteiger partial charge is 0.271 e. The van der Waals surface area contributed by atoms with Crippen molar-refractivity contribution in [2.24, 2.45) is 5.10 Å². The number of hydrazone groups is 1. The first-order valence-electron chi connectivity index (χ1n) is 13.9. The molecule has 1 heterocycles. The van der Waals surface area contributed by atoms with Crippen molar-refractivity contribution in [1.82, 2.24) is 10.4 Å². The van der Waals surface area contributed by atoms with Crippen LogP contribution in [0.5, 0.6) is 11.5 Å². The topological polar surface area (TPSA) is 114 Å². The second-order valence-corrected chi connectivity index (χ2v) is 11.3. The summed E-state index contributed by atoms with van der Waals surface area (Å²) in [4.78, 5) is 29.7. The van der Waals surface area contributed by atoms with Crippen molar-refractivity contribution in [3.63, 3.8) is 0 Å². The molecule has 0 saturated carbocycles. The molecule has 9 nitrogen and oxygen atoms in total. The highest BCUT2D eigenvalue weighted by molar-refractivity contribution is 7.14. The summed E-state index contributed by atoms with van der Waals surface area (Å²) in [6.07, 6.45) is 1.50. The summed E-state index contributed by atoms with van der Waals surface area (Å²) in [5, 5.41) is 13.5. The number of hydrogen-bond acceptors (Lipinski definition) is 8. The molecule has 228 valence electrons. The van der Waals surface area contributed by atoms with Crippen molar-refractivity contribution >= 4 is 57.5 Å². The maximum Gasteiger partial charge on any atom is 0.271 e. The molecule has 45 heavy (non-hydrogen) atoms. The number of aryl methyl sites for hydroxylation is 2. The number of carbonyl (C=O) groups is 2. The Bertz CT molecular complexity index is 1840. The molecule has 5 rings (SSSR count). The van der Waals surface area contributed by atoms with Gasteiger partial charge in [0.05, 0.1) is 19.0 Å². The summed E-state index contributed by atoms with van der Waals surface area (Å²) >= 11 is 7.43. The summed E-state index contributed by atoms with van der Waals surface area (Å²) in [6, 6.07) is 25.4. The van der Waals surface area contributed by atoms with Crippen molar-refractivity contribution in [1.29, 1.82) is 0 Å². The van der Waals surface area contributed by atoms with Gasteiger partial charge >= 0.3 is 0 Å². The van der Waals surface area contributed by atoms with Gasteiger partial charge in [-0.05, 0) is 97.3 Å². The molecule has 2 amide bonds. The van der Waals surface area contributed by atoms with Gasteiger partial charge in [-0.25, -0.2) is 10.4 Å². The normalized spacial score (nSPS) is 10.8. The highest BCUT2D eigenvalue weighted by atomic mass is 35.5. The van der Waals surface area contributed by atoms with Crippen LogP contribution in [0.1, 0.15) is 27.0 Å². The number of hydrogen-bond donors (Lipinski definition) is 3. The summed E-state index contributed by atoms with van der Waals surface area (Å²) in [6.45, 7) is 3.82. The molecule has 0 aliphatic heterocycles. The SMILES string of the molecule is COc1cc(/C=N\NC(=O)c2ccc(-c3csc(Nc4ccc(Cl)cc4)n3)cc2)ccc1OCC(=O)Nc1ccc(C)c(C)c1. The predicted molar refractivity (Wildman–Crippen MR) is 180 cm³/mol. The molecule has 0 aliphatic carbocycles. The minimum atomic E-state index is -0.358. The van der Waals surface area contributed by atoms with Crippen LogP contribution in [0.25, 0.3) is 11.3 Å². The van der Waals surface area contributed by atoms with E-state index in [1.54, 1.807) is 30.3 Å². The van der Waals surface area contributed by atoms with E-state index in [0.717, 1.165) is 33.2 Å². The van der Waals surface area contributed by atoms with Crippen LogP contribution in [-0.2, 0) is 4.79 Å². The predicted octanol–water partition coefficient (Wildman–Crippen LogP) is 7.61. The zero-order valence-electron chi connectivity index (χ0n) is 24.8. The first-order valence-corrected chi connectivity index (χ1v) is 15.1. The zero-order chi connectivity index (χ0) is 31.8. The number of benzene rings is 4. The standard InChI is InChI=1S/C34H30ClN5O4S/c1-21-4-12-28(16-22(21)2)37-32(41)19-44-30-15-5-23(17-31(30)43-3)18-36-40-33(42)25-8-6-24(7-9-25)29-20-45-34(39-29)38-27-13-10-26(35)11-14-27/h4-18,20H,19H2,1-3H3,(H,37,41)(H,38,39)(H,40,42)/b36-18-. The lowest BCUT2D eigenvalue weighted by atomic mass is 10.1. The number of halogens is 1. The summed E-state index contributed by atoms with van der Waals surface area (Å²) < 4.78 is 11.1. The van der Waals surface area contributed by atoms with Gasteiger partial charge in [0.25, 0.3) is 11.8 Å². The Balaban J connectivity index is 1.12.